The first kappa shape index (κ1) is 23.6. The summed E-state index contributed by atoms with van der Waals surface area (Å²) in [5, 5.41) is 2.64. The molecule has 0 fully saturated rings. The molecule has 0 radical (unpaired) electrons. The Hall–Kier alpha value is -4.01. The Morgan fingerprint density at radius 1 is 0.909 bits per heavy atom. The number of hydrogen-bond acceptors (Lipinski definition) is 7. The van der Waals surface area contributed by atoms with Crippen molar-refractivity contribution in [3.8, 4) is 17.2 Å². The Balaban J connectivity index is 1.49. The van der Waals surface area contributed by atoms with Gasteiger partial charge in [-0.05, 0) is 62.4 Å². The van der Waals surface area contributed by atoms with Gasteiger partial charge < -0.3 is 28.7 Å². The summed E-state index contributed by atoms with van der Waals surface area (Å²) in [6, 6.07) is 13.5. The van der Waals surface area contributed by atoms with Gasteiger partial charge in [0.05, 0.1) is 13.2 Å². The standard InChI is InChI=1S/C24H24FNO7/c1-3-29-20-11-7-17(13-22(20)30-4-2)26-23(27)15-32-24(28)21-12-10-19(33-21)14-31-18-8-5-16(25)6-9-18/h5-13H,3-4,14-15H2,1-2H3,(H,26,27). The number of amides is 1. The fraction of sp³-hybridized carbons (Fsp3) is 0.250. The molecule has 174 valence electrons. The van der Waals surface area contributed by atoms with Gasteiger partial charge in [-0.2, -0.15) is 0 Å². The van der Waals surface area contributed by atoms with Gasteiger partial charge in [-0.25, -0.2) is 9.18 Å². The van der Waals surface area contributed by atoms with Crippen molar-refractivity contribution < 1.29 is 37.3 Å². The lowest BCUT2D eigenvalue weighted by Gasteiger charge is -2.13. The van der Waals surface area contributed by atoms with E-state index in [0.717, 1.165) is 0 Å². The molecule has 1 amide bonds. The van der Waals surface area contributed by atoms with Crippen molar-refractivity contribution in [1.82, 2.24) is 0 Å². The first-order valence-electron chi connectivity index (χ1n) is 10.3. The highest BCUT2D eigenvalue weighted by Gasteiger charge is 2.16. The number of esters is 1. The zero-order valence-corrected chi connectivity index (χ0v) is 18.3. The van der Waals surface area contributed by atoms with Crippen LogP contribution in [0.5, 0.6) is 17.2 Å². The van der Waals surface area contributed by atoms with Gasteiger partial charge in [-0.3, -0.25) is 4.79 Å². The fourth-order valence-electron chi connectivity index (χ4n) is 2.78. The molecule has 0 saturated heterocycles. The van der Waals surface area contributed by atoms with Crippen LogP contribution in [0.25, 0.3) is 0 Å². The number of benzene rings is 2. The van der Waals surface area contributed by atoms with Crippen molar-refractivity contribution in [2.45, 2.75) is 20.5 Å². The third-order valence-electron chi connectivity index (χ3n) is 4.22. The van der Waals surface area contributed by atoms with Gasteiger partial charge in [0.2, 0.25) is 5.76 Å². The molecule has 0 spiro atoms. The molecule has 0 aliphatic carbocycles. The summed E-state index contributed by atoms with van der Waals surface area (Å²) in [6.45, 7) is 4.16. The van der Waals surface area contributed by atoms with Crippen LogP contribution in [0, 0.1) is 5.82 Å². The minimum absolute atomic E-state index is 0.0410. The molecule has 3 rings (SSSR count). The first-order valence-corrected chi connectivity index (χ1v) is 10.3. The lowest BCUT2D eigenvalue weighted by atomic mass is 10.2. The number of carbonyl (C=O) groups is 2. The average molecular weight is 457 g/mol. The quantitative estimate of drug-likeness (QED) is 0.421. The summed E-state index contributed by atoms with van der Waals surface area (Å²) in [5.74, 6) is 0.137. The molecule has 8 nitrogen and oxygen atoms in total. The molecule has 3 aromatic rings. The monoisotopic (exact) mass is 457 g/mol. The van der Waals surface area contributed by atoms with E-state index in [0.29, 0.717) is 41.9 Å². The van der Waals surface area contributed by atoms with Gasteiger partial charge >= 0.3 is 5.97 Å². The van der Waals surface area contributed by atoms with E-state index < -0.39 is 18.5 Å². The third kappa shape index (κ3) is 6.99. The second-order valence-electron chi connectivity index (χ2n) is 6.66. The Kier molecular flexibility index (Phi) is 8.29. The predicted octanol–water partition coefficient (Wildman–Crippen LogP) is 4.59. The normalized spacial score (nSPS) is 10.4. The van der Waals surface area contributed by atoms with E-state index in [2.05, 4.69) is 5.32 Å². The molecule has 0 bridgehead atoms. The van der Waals surface area contributed by atoms with Gasteiger partial charge in [0, 0.05) is 11.8 Å². The highest BCUT2D eigenvalue weighted by atomic mass is 19.1. The molecule has 0 unspecified atom stereocenters. The van der Waals surface area contributed by atoms with Gasteiger partial charge in [0.25, 0.3) is 5.91 Å². The van der Waals surface area contributed by atoms with Crippen LogP contribution in [0.1, 0.15) is 30.2 Å². The topological polar surface area (TPSA) is 96.2 Å². The molecule has 0 saturated carbocycles. The highest BCUT2D eigenvalue weighted by Crippen LogP contribution is 2.30. The number of carbonyl (C=O) groups excluding carboxylic acids is 2. The molecule has 1 N–H and O–H groups in total. The lowest BCUT2D eigenvalue weighted by molar-refractivity contribution is -0.119. The van der Waals surface area contributed by atoms with Crippen LogP contribution < -0.4 is 19.5 Å². The van der Waals surface area contributed by atoms with Crippen molar-refractivity contribution in [1.29, 1.82) is 0 Å². The first-order chi connectivity index (χ1) is 16.0. The minimum atomic E-state index is -0.792. The Labute approximate surface area is 190 Å². The van der Waals surface area contributed by atoms with Gasteiger partial charge in [0.15, 0.2) is 18.1 Å². The van der Waals surface area contributed by atoms with Crippen LogP contribution in [0.15, 0.2) is 59.0 Å². The van der Waals surface area contributed by atoms with Crippen molar-refractivity contribution >= 4 is 17.6 Å². The molecule has 0 atom stereocenters. The number of hydrogen-bond donors (Lipinski definition) is 1. The Bertz CT molecular complexity index is 1080. The van der Waals surface area contributed by atoms with Crippen LogP contribution in [0.4, 0.5) is 10.1 Å². The number of anilines is 1. The largest absolute Gasteiger partial charge is 0.490 e. The molecule has 1 heterocycles. The number of halogens is 1. The van der Waals surface area contributed by atoms with Crippen LogP contribution in [0.2, 0.25) is 0 Å². The molecule has 2 aromatic carbocycles. The van der Waals surface area contributed by atoms with Crippen LogP contribution in [0.3, 0.4) is 0 Å². The van der Waals surface area contributed by atoms with E-state index in [1.807, 2.05) is 13.8 Å². The van der Waals surface area contributed by atoms with E-state index in [-0.39, 0.29) is 18.2 Å². The summed E-state index contributed by atoms with van der Waals surface area (Å²) in [4.78, 5) is 24.3. The fourth-order valence-corrected chi connectivity index (χ4v) is 2.78. The zero-order valence-electron chi connectivity index (χ0n) is 18.3. The van der Waals surface area contributed by atoms with E-state index in [4.69, 9.17) is 23.4 Å². The summed E-state index contributed by atoms with van der Waals surface area (Å²) in [7, 11) is 0. The van der Waals surface area contributed by atoms with Gasteiger partial charge in [-0.1, -0.05) is 0 Å². The maximum atomic E-state index is 12.9. The van der Waals surface area contributed by atoms with E-state index in [1.165, 1.54) is 30.3 Å². The van der Waals surface area contributed by atoms with Crippen molar-refractivity contribution in [3.63, 3.8) is 0 Å². The maximum Gasteiger partial charge on any atom is 0.374 e. The second-order valence-corrected chi connectivity index (χ2v) is 6.66. The van der Waals surface area contributed by atoms with E-state index in [9.17, 15) is 14.0 Å². The van der Waals surface area contributed by atoms with E-state index >= 15 is 0 Å². The van der Waals surface area contributed by atoms with E-state index in [1.54, 1.807) is 24.3 Å². The number of rotatable bonds is 11. The number of furan rings is 1. The van der Waals surface area contributed by atoms with Crippen LogP contribution in [-0.2, 0) is 16.1 Å². The maximum absolute atomic E-state index is 12.9. The molecule has 0 aliphatic heterocycles. The smallest absolute Gasteiger partial charge is 0.374 e. The highest BCUT2D eigenvalue weighted by molar-refractivity contribution is 5.94. The molecule has 1 aromatic heterocycles. The lowest BCUT2D eigenvalue weighted by Crippen LogP contribution is -2.20. The number of nitrogens with one attached hydrogen (secondary N) is 1. The van der Waals surface area contributed by atoms with Gasteiger partial charge in [-0.15, -0.1) is 0 Å². The molecule has 9 heteroatoms. The zero-order chi connectivity index (χ0) is 23.6. The molecule has 0 aliphatic rings. The molecule has 33 heavy (non-hydrogen) atoms. The third-order valence-corrected chi connectivity index (χ3v) is 4.22. The van der Waals surface area contributed by atoms with Gasteiger partial charge in [0.1, 0.15) is 23.9 Å². The molecular formula is C24H24FNO7. The van der Waals surface area contributed by atoms with Crippen molar-refractivity contribution in [2.24, 2.45) is 0 Å². The number of ether oxygens (including phenoxy) is 4. The minimum Gasteiger partial charge on any atom is -0.490 e. The summed E-state index contributed by atoms with van der Waals surface area (Å²) in [6.07, 6.45) is 0. The Morgan fingerprint density at radius 3 is 2.36 bits per heavy atom. The van der Waals surface area contributed by atoms with Crippen LogP contribution in [-0.4, -0.2) is 31.7 Å². The van der Waals surface area contributed by atoms with Crippen LogP contribution >= 0.6 is 0 Å². The van der Waals surface area contributed by atoms with Crippen molar-refractivity contribution in [2.75, 3.05) is 25.1 Å². The summed E-state index contributed by atoms with van der Waals surface area (Å²) in [5.41, 5.74) is 0.473. The Morgan fingerprint density at radius 2 is 1.64 bits per heavy atom. The SMILES string of the molecule is CCOc1ccc(NC(=O)COC(=O)c2ccc(COc3ccc(F)cc3)o2)cc1OCC. The summed E-state index contributed by atoms with van der Waals surface area (Å²) >= 11 is 0. The van der Waals surface area contributed by atoms with Crippen molar-refractivity contribution in [3.05, 3.63) is 71.9 Å². The predicted molar refractivity (Wildman–Crippen MR) is 117 cm³/mol. The average Bonchev–Trinajstić information content (AvgIpc) is 3.28. The summed E-state index contributed by atoms with van der Waals surface area (Å²) < 4.78 is 39.8. The molecular weight excluding hydrogens is 433 g/mol. The second kappa shape index (κ2) is 11.6.